The number of alkyl halides is 2. The number of hydrogen-bond donors (Lipinski definition) is 2. The van der Waals surface area contributed by atoms with Gasteiger partial charge in [0.2, 0.25) is 5.88 Å². The summed E-state index contributed by atoms with van der Waals surface area (Å²) in [7, 11) is 0. The Morgan fingerprint density at radius 1 is 1.00 bits per heavy atom. The third kappa shape index (κ3) is 6.20. The molecule has 11 heteroatoms. The van der Waals surface area contributed by atoms with E-state index in [1.807, 2.05) is 29.2 Å². The average molecular weight is 559 g/mol. The first-order valence-corrected chi connectivity index (χ1v) is 13.0. The maximum absolute atomic E-state index is 13.5. The average Bonchev–Trinajstić information content (AvgIpc) is 3.39. The van der Waals surface area contributed by atoms with E-state index in [9.17, 15) is 18.0 Å². The van der Waals surface area contributed by atoms with Crippen LogP contribution in [0.25, 0.3) is 22.0 Å². The van der Waals surface area contributed by atoms with Crippen molar-refractivity contribution in [1.82, 2.24) is 25.1 Å². The fourth-order valence-electron chi connectivity index (χ4n) is 4.75. The van der Waals surface area contributed by atoms with Crippen molar-refractivity contribution in [2.24, 2.45) is 0 Å². The van der Waals surface area contributed by atoms with Crippen molar-refractivity contribution >= 4 is 22.5 Å². The van der Waals surface area contributed by atoms with E-state index in [0.29, 0.717) is 42.0 Å². The predicted octanol–water partition coefficient (Wildman–Crippen LogP) is 6.43. The highest BCUT2D eigenvalue weighted by Crippen LogP contribution is 2.30. The first-order valence-electron chi connectivity index (χ1n) is 13.0. The van der Waals surface area contributed by atoms with Gasteiger partial charge >= 0.3 is 0 Å². The summed E-state index contributed by atoms with van der Waals surface area (Å²) in [6.07, 6.45) is 4.64. The van der Waals surface area contributed by atoms with Crippen molar-refractivity contribution in [1.29, 1.82) is 0 Å². The highest BCUT2D eigenvalue weighted by atomic mass is 19.3. The van der Waals surface area contributed by atoms with Crippen LogP contribution in [0.15, 0.2) is 79.3 Å². The summed E-state index contributed by atoms with van der Waals surface area (Å²) < 4.78 is 46.0. The van der Waals surface area contributed by atoms with Crippen LogP contribution in [0, 0.1) is 5.82 Å². The molecule has 4 heterocycles. The summed E-state index contributed by atoms with van der Waals surface area (Å²) in [6.45, 7) is 1.22. The lowest BCUT2D eigenvalue weighted by atomic mass is 10.0. The number of aromatic amines is 1. The van der Waals surface area contributed by atoms with Crippen LogP contribution in [0.4, 0.5) is 18.9 Å². The summed E-state index contributed by atoms with van der Waals surface area (Å²) in [6, 6.07) is 16.5. The standard InChI is InChI=1S/C30H25F3N6O2/c31-22-2-1-3-24(14-22)41-27-7-5-23(17-35-27)36-29(40)28-25-13-20(4-6-26(25)37-38-28)21-12-19(15-34-16-21)18-39-10-8-30(32,33)9-11-39/h1-7,12-17H,8-11,18H2,(H,36,40)(H,37,38). The second kappa shape index (κ2) is 11.0. The monoisotopic (exact) mass is 558 g/mol. The lowest BCUT2D eigenvalue weighted by Gasteiger charge is -2.31. The van der Waals surface area contributed by atoms with Crippen molar-refractivity contribution < 1.29 is 22.7 Å². The van der Waals surface area contributed by atoms with Gasteiger partial charge in [-0.05, 0) is 47.5 Å². The minimum absolute atomic E-state index is 0.134. The summed E-state index contributed by atoms with van der Waals surface area (Å²) in [4.78, 5) is 23.7. The van der Waals surface area contributed by atoms with Gasteiger partial charge in [0, 0.05) is 68.0 Å². The molecule has 208 valence electrons. The molecule has 1 aliphatic heterocycles. The number of H-pyrrole nitrogens is 1. The molecule has 0 spiro atoms. The van der Waals surface area contributed by atoms with E-state index in [4.69, 9.17) is 4.74 Å². The quantitative estimate of drug-likeness (QED) is 0.239. The van der Waals surface area contributed by atoms with Crippen LogP contribution in [-0.2, 0) is 6.54 Å². The Kier molecular flexibility index (Phi) is 7.10. The fraction of sp³-hybridized carbons (Fsp3) is 0.200. The Labute approximate surface area is 233 Å². The zero-order chi connectivity index (χ0) is 28.4. The smallest absolute Gasteiger partial charge is 0.276 e. The number of fused-ring (bicyclic) bond motifs is 1. The molecule has 1 saturated heterocycles. The lowest BCUT2D eigenvalue weighted by molar-refractivity contribution is -0.0566. The summed E-state index contributed by atoms with van der Waals surface area (Å²) in [5, 5.41) is 10.5. The van der Waals surface area contributed by atoms with Gasteiger partial charge in [0.25, 0.3) is 11.8 Å². The molecule has 41 heavy (non-hydrogen) atoms. The fourth-order valence-corrected chi connectivity index (χ4v) is 4.75. The topological polar surface area (TPSA) is 96.0 Å². The summed E-state index contributed by atoms with van der Waals surface area (Å²) >= 11 is 0. The molecule has 2 N–H and O–H groups in total. The van der Waals surface area contributed by atoms with Gasteiger partial charge in [-0.3, -0.25) is 19.8 Å². The minimum Gasteiger partial charge on any atom is -0.439 e. The number of hydrogen-bond acceptors (Lipinski definition) is 6. The SMILES string of the molecule is O=C(Nc1ccc(Oc2cccc(F)c2)nc1)c1n[nH]c2ccc(-c3cncc(CN4CCC(F)(F)CC4)c3)cc12. The third-order valence-corrected chi connectivity index (χ3v) is 6.91. The largest absolute Gasteiger partial charge is 0.439 e. The number of halogens is 3. The number of likely N-dealkylation sites (tertiary alicyclic amines) is 1. The number of anilines is 1. The number of benzene rings is 2. The number of nitrogens with zero attached hydrogens (tertiary/aromatic N) is 4. The molecule has 1 amide bonds. The van der Waals surface area contributed by atoms with E-state index >= 15 is 0 Å². The van der Waals surface area contributed by atoms with E-state index in [2.05, 4.69) is 25.5 Å². The number of amides is 1. The maximum atomic E-state index is 13.5. The Morgan fingerprint density at radius 3 is 2.63 bits per heavy atom. The molecule has 0 saturated carbocycles. The molecule has 8 nitrogen and oxygen atoms in total. The number of pyridine rings is 2. The molecule has 0 unspecified atom stereocenters. The highest BCUT2D eigenvalue weighted by Gasteiger charge is 2.33. The molecule has 3 aromatic heterocycles. The molecule has 5 aromatic rings. The van der Waals surface area contributed by atoms with Crippen LogP contribution < -0.4 is 10.1 Å². The molecule has 0 radical (unpaired) electrons. The number of nitrogens with one attached hydrogen (secondary N) is 2. The lowest BCUT2D eigenvalue weighted by Crippen LogP contribution is -2.38. The van der Waals surface area contributed by atoms with Gasteiger partial charge in [-0.25, -0.2) is 18.2 Å². The molecular formula is C30H25F3N6O2. The van der Waals surface area contributed by atoms with Gasteiger partial charge in [-0.2, -0.15) is 5.10 Å². The Hall–Kier alpha value is -4.77. The number of aromatic nitrogens is 4. The molecule has 0 bridgehead atoms. The van der Waals surface area contributed by atoms with Gasteiger partial charge in [-0.1, -0.05) is 12.1 Å². The van der Waals surface area contributed by atoms with Crippen LogP contribution >= 0.6 is 0 Å². The van der Waals surface area contributed by atoms with Crippen LogP contribution in [0.1, 0.15) is 28.9 Å². The Morgan fingerprint density at radius 2 is 1.85 bits per heavy atom. The minimum atomic E-state index is -2.58. The van der Waals surface area contributed by atoms with Crippen molar-refractivity contribution in [2.75, 3.05) is 18.4 Å². The van der Waals surface area contributed by atoms with Gasteiger partial charge in [0.15, 0.2) is 5.69 Å². The van der Waals surface area contributed by atoms with Crippen LogP contribution in [0.5, 0.6) is 11.6 Å². The highest BCUT2D eigenvalue weighted by molar-refractivity contribution is 6.11. The number of rotatable bonds is 7. The van der Waals surface area contributed by atoms with Crippen molar-refractivity contribution in [2.45, 2.75) is 25.3 Å². The summed E-state index contributed by atoms with van der Waals surface area (Å²) in [5.41, 5.74) is 3.94. The maximum Gasteiger partial charge on any atom is 0.276 e. The van der Waals surface area contributed by atoms with Crippen molar-refractivity contribution in [3.05, 3.63) is 96.3 Å². The first-order chi connectivity index (χ1) is 19.8. The molecule has 1 aliphatic rings. The Bertz CT molecular complexity index is 1700. The van der Waals surface area contributed by atoms with E-state index < -0.39 is 17.6 Å². The van der Waals surface area contributed by atoms with E-state index in [1.165, 1.54) is 24.4 Å². The van der Waals surface area contributed by atoms with Crippen LogP contribution in [-0.4, -0.2) is 50.0 Å². The molecule has 1 fully saturated rings. The van der Waals surface area contributed by atoms with Gasteiger partial charge in [0.05, 0.1) is 17.4 Å². The van der Waals surface area contributed by atoms with Crippen molar-refractivity contribution in [3.8, 4) is 22.8 Å². The second-order valence-electron chi connectivity index (χ2n) is 9.95. The van der Waals surface area contributed by atoms with Gasteiger partial charge in [-0.15, -0.1) is 0 Å². The zero-order valence-corrected chi connectivity index (χ0v) is 21.8. The number of carbonyl (C=O) groups excluding carboxylic acids is 1. The van der Waals surface area contributed by atoms with Crippen LogP contribution in [0.2, 0.25) is 0 Å². The Balaban J connectivity index is 1.16. The molecule has 0 aliphatic carbocycles. The predicted molar refractivity (Wildman–Crippen MR) is 147 cm³/mol. The number of carbonyl (C=O) groups is 1. The second-order valence-corrected chi connectivity index (χ2v) is 9.95. The zero-order valence-electron chi connectivity index (χ0n) is 21.8. The first kappa shape index (κ1) is 26.5. The van der Waals surface area contributed by atoms with Crippen LogP contribution in [0.3, 0.4) is 0 Å². The van der Waals surface area contributed by atoms with E-state index in [1.54, 1.807) is 30.6 Å². The molecule has 6 rings (SSSR count). The van der Waals surface area contributed by atoms with E-state index in [0.717, 1.165) is 16.7 Å². The molecule has 0 atom stereocenters. The van der Waals surface area contributed by atoms with Gasteiger partial charge in [0.1, 0.15) is 11.6 Å². The van der Waals surface area contributed by atoms with Crippen molar-refractivity contribution in [3.63, 3.8) is 0 Å². The van der Waals surface area contributed by atoms with Gasteiger partial charge < -0.3 is 10.1 Å². The number of piperidine rings is 1. The number of ether oxygens (including phenoxy) is 1. The normalized spacial score (nSPS) is 15.1. The molecule has 2 aromatic carbocycles. The van der Waals surface area contributed by atoms with E-state index in [-0.39, 0.29) is 24.4 Å². The molecular weight excluding hydrogens is 533 g/mol. The summed E-state index contributed by atoms with van der Waals surface area (Å²) in [5.74, 6) is -2.87. The third-order valence-electron chi connectivity index (χ3n) is 6.91.